The molecule has 0 aromatic rings. The number of hydrogen-bond acceptors (Lipinski definition) is 3. The number of nitrogens with one attached hydrogen (secondary N) is 1. The summed E-state index contributed by atoms with van der Waals surface area (Å²) in [6, 6.07) is 0. The van der Waals surface area contributed by atoms with Gasteiger partial charge >= 0.3 is 0 Å². The molecule has 3 N–H and O–H groups in total. The minimum atomic E-state index is -2.99. The Morgan fingerprint density at radius 2 is 2.13 bits per heavy atom. The second-order valence-electron chi connectivity index (χ2n) is 2.93. The lowest BCUT2D eigenvalue weighted by Gasteiger charge is -2.14. The number of thioether (sulfide) groups is 1. The van der Waals surface area contributed by atoms with Crippen molar-refractivity contribution in [1.82, 2.24) is 5.32 Å². The van der Waals surface area contributed by atoms with Crippen molar-refractivity contribution in [3.05, 3.63) is 0 Å². The molecule has 0 aromatic carbocycles. The Hall–Kier alpha value is -0.0700. The van der Waals surface area contributed by atoms with Crippen LogP contribution in [0, 0.1) is 0 Å². The fraction of sp³-hybridized carbons (Fsp3) is 0.875. The van der Waals surface area contributed by atoms with Crippen LogP contribution in [0.1, 0.15) is 12.8 Å². The van der Waals surface area contributed by atoms with Crippen LogP contribution in [0.25, 0.3) is 0 Å². The minimum absolute atomic E-state index is 0. The van der Waals surface area contributed by atoms with Crippen molar-refractivity contribution in [2.45, 2.75) is 18.8 Å². The summed E-state index contributed by atoms with van der Waals surface area (Å²) >= 11 is 1.62. The predicted molar refractivity (Wildman–Crippen MR) is 61.9 cm³/mol. The molecule has 0 aliphatic carbocycles. The zero-order valence-corrected chi connectivity index (χ0v) is 10.2. The highest BCUT2D eigenvalue weighted by atomic mass is 35.5. The van der Waals surface area contributed by atoms with E-state index in [-0.39, 0.29) is 18.3 Å². The maximum Gasteiger partial charge on any atom is 0.277 e. The summed E-state index contributed by atoms with van der Waals surface area (Å²) in [6.07, 6.45) is 2.93. The van der Waals surface area contributed by atoms with E-state index in [0.29, 0.717) is 12.8 Å². The van der Waals surface area contributed by atoms with E-state index in [1.54, 1.807) is 11.8 Å². The molecule has 0 fully saturated rings. The largest absolute Gasteiger partial charge is 0.350 e. The third-order valence-electron chi connectivity index (χ3n) is 1.60. The lowest BCUT2D eigenvalue weighted by molar-refractivity contribution is -0.122. The van der Waals surface area contributed by atoms with Gasteiger partial charge in [0.25, 0.3) is 5.92 Å². The molecular formula is C8H17ClF2N2OS. The Morgan fingerprint density at radius 3 is 2.60 bits per heavy atom. The molecule has 0 saturated heterocycles. The Labute approximate surface area is 99.0 Å². The summed E-state index contributed by atoms with van der Waals surface area (Å²) in [5, 5.41) is 2.15. The first-order valence-electron chi connectivity index (χ1n) is 4.35. The van der Waals surface area contributed by atoms with Gasteiger partial charge in [0.15, 0.2) is 0 Å². The molecule has 0 radical (unpaired) electrons. The zero-order chi connectivity index (χ0) is 11.0. The van der Waals surface area contributed by atoms with E-state index in [0.717, 1.165) is 5.75 Å². The molecule has 15 heavy (non-hydrogen) atoms. The first-order valence-corrected chi connectivity index (χ1v) is 5.75. The van der Waals surface area contributed by atoms with Gasteiger partial charge in [-0.3, -0.25) is 4.79 Å². The maximum atomic E-state index is 12.6. The average molecular weight is 263 g/mol. The molecule has 3 nitrogen and oxygen atoms in total. The smallest absolute Gasteiger partial charge is 0.277 e. The second-order valence-corrected chi connectivity index (χ2v) is 3.92. The Morgan fingerprint density at radius 1 is 1.53 bits per heavy atom. The number of carbonyl (C=O) groups excluding carboxylic acids is 1. The fourth-order valence-electron chi connectivity index (χ4n) is 0.766. The van der Waals surface area contributed by atoms with Crippen molar-refractivity contribution >= 4 is 30.1 Å². The standard InChI is InChI=1S/C8H16F2N2OS.ClH/c1-14-4-2-3-7(13)12-6-8(9,10)5-11;/h2-6,11H2,1H3,(H,12,13);1H. The van der Waals surface area contributed by atoms with Crippen molar-refractivity contribution in [2.75, 3.05) is 25.1 Å². The molecule has 0 saturated carbocycles. The molecule has 0 aliphatic rings. The summed E-state index contributed by atoms with van der Waals surface area (Å²) in [6.45, 7) is -1.40. The van der Waals surface area contributed by atoms with Gasteiger partial charge in [0.1, 0.15) is 0 Å². The molecule has 0 rings (SSSR count). The Bertz CT molecular complexity index is 184. The minimum Gasteiger partial charge on any atom is -0.350 e. The van der Waals surface area contributed by atoms with Crippen LogP contribution in [0.3, 0.4) is 0 Å². The van der Waals surface area contributed by atoms with Gasteiger partial charge in [0.05, 0.1) is 13.1 Å². The van der Waals surface area contributed by atoms with E-state index in [1.807, 2.05) is 6.26 Å². The molecular weight excluding hydrogens is 246 g/mol. The molecule has 7 heteroatoms. The topological polar surface area (TPSA) is 55.1 Å². The number of nitrogens with two attached hydrogens (primary N) is 1. The van der Waals surface area contributed by atoms with Crippen LogP contribution in [0.5, 0.6) is 0 Å². The van der Waals surface area contributed by atoms with E-state index in [9.17, 15) is 13.6 Å². The first-order chi connectivity index (χ1) is 6.52. The molecule has 0 heterocycles. The van der Waals surface area contributed by atoms with Crippen molar-refractivity contribution in [3.8, 4) is 0 Å². The van der Waals surface area contributed by atoms with Gasteiger partial charge in [-0.15, -0.1) is 12.4 Å². The van der Waals surface area contributed by atoms with Gasteiger partial charge < -0.3 is 11.1 Å². The summed E-state index contributed by atoms with van der Waals surface area (Å²) in [5.41, 5.74) is 4.81. The lowest BCUT2D eigenvalue weighted by Crippen LogP contribution is -2.41. The van der Waals surface area contributed by atoms with Crippen LogP contribution in [-0.4, -0.2) is 36.9 Å². The third kappa shape index (κ3) is 10.2. The summed E-state index contributed by atoms with van der Waals surface area (Å²) in [7, 11) is 0. The Kier molecular flexibility index (Phi) is 10.6. The summed E-state index contributed by atoms with van der Waals surface area (Å²) < 4.78 is 25.1. The molecule has 0 spiro atoms. The highest BCUT2D eigenvalue weighted by molar-refractivity contribution is 7.98. The van der Waals surface area contributed by atoms with Crippen molar-refractivity contribution in [2.24, 2.45) is 5.73 Å². The van der Waals surface area contributed by atoms with Crippen molar-refractivity contribution in [3.63, 3.8) is 0 Å². The van der Waals surface area contributed by atoms with Gasteiger partial charge in [0, 0.05) is 6.42 Å². The molecule has 0 unspecified atom stereocenters. The van der Waals surface area contributed by atoms with Crippen molar-refractivity contribution < 1.29 is 13.6 Å². The number of halogens is 3. The number of rotatable bonds is 7. The van der Waals surface area contributed by atoms with Crippen LogP contribution >= 0.6 is 24.2 Å². The summed E-state index contributed by atoms with van der Waals surface area (Å²) in [5.74, 6) is -2.47. The molecule has 92 valence electrons. The quantitative estimate of drug-likeness (QED) is 0.680. The molecule has 0 aliphatic heterocycles. The Balaban J connectivity index is 0. The van der Waals surface area contributed by atoms with E-state index < -0.39 is 19.0 Å². The number of hydrogen-bond donors (Lipinski definition) is 2. The predicted octanol–water partition coefficient (Wildman–Crippen LogP) is 1.26. The van der Waals surface area contributed by atoms with Crippen LogP contribution < -0.4 is 11.1 Å². The highest BCUT2D eigenvalue weighted by Crippen LogP contribution is 2.08. The van der Waals surface area contributed by atoms with E-state index in [1.165, 1.54) is 0 Å². The highest BCUT2D eigenvalue weighted by Gasteiger charge is 2.26. The normalized spacial score (nSPS) is 10.7. The van der Waals surface area contributed by atoms with Crippen LogP contribution in [0.15, 0.2) is 0 Å². The van der Waals surface area contributed by atoms with E-state index >= 15 is 0 Å². The monoisotopic (exact) mass is 262 g/mol. The molecule has 0 atom stereocenters. The average Bonchev–Trinajstić information content (AvgIpc) is 2.16. The van der Waals surface area contributed by atoms with Gasteiger partial charge in [0.2, 0.25) is 5.91 Å². The third-order valence-corrected chi connectivity index (χ3v) is 2.29. The van der Waals surface area contributed by atoms with Gasteiger partial charge in [-0.2, -0.15) is 11.8 Å². The lowest BCUT2D eigenvalue weighted by atomic mass is 10.3. The van der Waals surface area contributed by atoms with Crippen LogP contribution in [0.2, 0.25) is 0 Å². The van der Waals surface area contributed by atoms with E-state index in [2.05, 4.69) is 5.32 Å². The van der Waals surface area contributed by atoms with E-state index in [4.69, 9.17) is 5.73 Å². The fourth-order valence-corrected chi connectivity index (χ4v) is 1.20. The summed E-state index contributed by atoms with van der Waals surface area (Å²) in [4.78, 5) is 11.0. The number of amides is 1. The SMILES string of the molecule is CSCCCC(=O)NCC(F)(F)CN.Cl. The molecule has 0 bridgehead atoms. The first kappa shape index (κ1) is 17.3. The second kappa shape index (κ2) is 9.18. The van der Waals surface area contributed by atoms with Crippen LogP contribution in [0.4, 0.5) is 8.78 Å². The molecule has 0 aromatic heterocycles. The van der Waals surface area contributed by atoms with Gasteiger partial charge in [-0.25, -0.2) is 8.78 Å². The van der Waals surface area contributed by atoms with Gasteiger partial charge in [-0.05, 0) is 18.4 Å². The van der Waals surface area contributed by atoms with Crippen molar-refractivity contribution in [1.29, 1.82) is 0 Å². The number of alkyl halides is 2. The maximum absolute atomic E-state index is 12.6. The van der Waals surface area contributed by atoms with Crippen LogP contribution in [-0.2, 0) is 4.79 Å². The van der Waals surface area contributed by atoms with Gasteiger partial charge in [-0.1, -0.05) is 0 Å². The number of carbonyl (C=O) groups is 1. The zero-order valence-electron chi connectivity index (χ0n) is 8.59. The molecule has 1 amide bonds.